The molecule has 0 spiro atoms. The van der Waals surface area contributed by atoms with E-state index in [1.807, 2.05) is 11.8 Å². The van der Waals surface area contributed by atoms with Gasteiger partial charge in [0.25, 0.3) is 0 Å². The van der Waals surface area contributed by atoms with Gasteiger partial charge in [-0.25, -0.2) is 0 Å². The Labute approximate surface area is 144 Å². The maximum atomic E-state index is 2.38. The zero-order valence-electron chi connectivity index (χ0n) is 13.0. The second-order valence-electron chi connectivity index (χ2n) is 6.56. The van der Waals surface area contributed by atoms with E-state index in [1.165, 1.54) is 48.0 Å². The molecule has 0 saturated carbocycles. The lowest BCUT2D eigenvalue weighted by atomic mass is 9.80. The highest BCUT2D eigenvalue weighted by Crippen LogP contribution is 2.52. The Kier molecular flexibility index (Phi) is 2.42. The molecule has 112 valence electrons. The highest BCUT2D eigenvalue weighted by molar-refractivity contribution is 7.99. The van der Waals surface area contributed by atoms with Gasteiger partial charge < -0.3 is 0 Å². The van der Waals surface area contributed by atoms with E-state index in [2.05, 4.69) is 78.9 Å². The number of hydrogen-bond acceptors (Lipinski definition) is 1. The van der Waals surface area contributed by atoms with E-state index in [1.54, 1.807) is 0 Å². The molecule has 6 rings (SSSR count). The Morgan fingerprint density at radius 2 is 1.62 bits per heavy atom. The molecule has 2 aliphatic rings. The summed E-state index contributed by atoms with van der Waals surface area (Å²) < 4.78 is 0. The van der Waals surface area contributed by atoms with Crippen molar-refractivity contribution in [3.8, 4) is 0 Å². The smallest absolute Gasteiger partial charge is 0.0301 e. The second kappa shape index (κ2) is 4.52. The minimum absolute atomic E-state index is 0.384. The van der Waals surface area contributed by atoms with Gasteiger partial charge in [0.15, 0.2) is 0 Å². The Hall–Kier alpha value is -2.51. The van der Waals surface area contributed by atoms with E-state index >= 15 is 0 Å². The molecule has 1 atom stereocenters. The summed E-state index contributed by atoms with van der Waals surface area (Å²) in [5.41, 5.74) is 4.30. The first-order chi connectivity index (χ1) is 11.9. The number of fused-ring (bicyclic) bond motifs is 4. The molecule has 1 aliphatic heterocycles. The van der Waals surface area contributed by atoms with Gasteiger partial charge in [-0.15, -0.1) is 0 Å². The first kappa shape index (κ1) is 12.9. The van der Waals surface area contributed by atoms with Crippen LogP contribution in [0.4, 0.5) is 0 Å². The summed E-state index contributed by atoms with van der Waals surface area (Å²) in [7, 11) is 0. The van der Waals surface area contributed by atoms with Crippen LogP contribution >= 0.6 is 11.8 Å². The molecule has 4 aromatic rings. The number of rotatable bonds is 0. The molecule has 1 heteroatoms. The van der Waals surface area contributed by atoms with Gasteiger partial charge in [-0.05, 0) is 56.4 Å². The number of allylic oxidation sites excluding steroid dienone is 1. The molecular formula is C23H14S. The molecule has 1 aliphatic carbocycles. The Morgan fingerprint density at radius 1 is 0.750 bits per heavy atom. The molecule has 0 bridgehead atoms. The van der Waals surface area contributed by atoms with Crippen molar-refractivity contribution in [1.82, 2.24) is 0 Å². The number of hydrogen-bond donors (Lipinski definition) is 0. The van der Waals surface area contributed by atoms with Gasteiger partial charge in [-0.3, -0.25) is 0 Å². The van der Waals surface area contributed by atoms with Crippen molar-refractivity contribution in [2.24, 2.45) is 0 Å². The van der Waals surface area contributed by atoms with Gasteiger partial charge >= 0.3 is 0 Å². The standard InChI is InChI=1S/C23H14S/c1-2-6-16-14(5-1)13-15-9-10-19-17-7-3-4-8-20(17)24-21-12-11-18(16)22(15)23(19)21/h1-13,19H. The third kappa shape index (κ3) is 1.55. The van der Waals surface area contributed by atoms with E-state index in [-0.39, 0.29) is 0 Å². The lowest BCUT2D eigenvalue weighted by Crippen LogP contribution is -2.10. The molecule has 0 saturated heterocycles. The van der Waals surface area contributed by atoms with Gasteiger partial charge in [0.2, 0.25) is 0 Å². The molecule has 0 N–H and O–H groups in total. The van der Waals surface area contributed by atoms with Gasteiger partial charge in [0.05, 0.1) is 0 Å². The van der Waals surface area contributed by atoms with Crippen LogP contribution in [-0.2, 0) is 0 Å². The molecule has 0 amide bonds. The van der Waals surface area contributed by atoms with Crippen molar-refractivity contribution < 1.29 is 0 Å². The van der Waals surface area contributed by atoms with Gasteiger partial charge in [-0.2, -0.15) is 0 Å². The first-order valence-electron chi connectivity index (χ1n) is 8.33. The van der Waals surface area contributed by atoms with Crippen molar-refractivity contribution in [2.45, 2.75) is 15.7 Å². The fraction of sp³-hybridized carbons (Fsp3) is 0.0435. The predicted molar refractivity (Wildman–Crippen MR) is 103 cm³/mol. The lowest BCUT2D eigenvalue weighted by Gasteiger charge is -2.30. The molecule has 0 radical (unpaired) electrons. The molecular weight excluding hydrogens is 308 g/mol. The van der Waals surface area contributed by atoms with Crippen molar-refractivity contribution in [2.75, 3.05) is 0 Å². The first-order valence-corrected chi connectivity index (χ1v) is 9.15. The highest BCUT2D eigenvalue weighted by atomic mass is 32.2. The maximum absolute atomic E-state index is 2.38. The molecule has 4 aromatic carbocycles. The zero-order valence-corrected chi connectivity index (χ0v) is 13.8. The fourth-order valence-electron chi connectivity index (χ4n) is 4.28. The zero-order chi connectivity index (χ0) is 15.7. The van der Waals surface area contributed by atoms with Crippen LogP contribution in [-0.4, -0.2) is 0 Å². The summed E-state index contributed by atoms with van der Waals surface area (Å²) in [6.07, 6.45) is 4.71. The third-order valence-electron chi connectivity index (χ3n) is 5.31. The van der Waals surface area contributed by atoms with Crippen molar-refractivity contribution in [3.05, 3.63) is 89.5 Å². The third-order valence-corrected chi connectivity index (χ3v) is 6.48. The van der Waals surface area contributed by atoms with Gasteiger partial charge in [0.1, 0.15) is 0 Å². The van der Waals surface area contributed by atoms with Crippen LogP contribution in [0.3, 0.4) is 0 Å². The van der Waals surface area contributed by atoms with E-state index in [9.17, 15) is 0 Å². The largest absolute Gasteiger partial charge is 0.0894 e. The maximum Gasteiger partial charge on any atom is 0.0301 e. The Balaban J connectivity index is 1.79. The SMILES string of the molecule is C1=CC2c3ccccc3Sc3ccc4c(c1cc1ccccc14)c32. The summed E-state index contributed by atoms with van der Waals surface area (Å²) in [5.74, 6) is 0.384. The quantitative estimate of drug-likeness (QED) is 0.328. The number of benzene rings is 4. The average molecular weight is 322 g/mol. The lowest BCUT2D eigenvalue weighted by molar-refractivity contribution is 0.948. The molecule has 1 heterocycles. The van der Waals surface area contributed by atoms with Gasteiger partial charge in [-0.1, -0.05) is 72.4 Å². The summed E-state index contributed by atoms with van der Waals surface area (Å²) in [6, 6.07) is 24.5. The molecule has 0 aromatic heterocycles. The van der Waals surface area contributed by atoms with Crippen LogP contribution in [0, 0.1) is 0 Å². The highest BCUT2D eigenvalue weighted by Gasteiger charge is 2.29. The molecule has 1 unspecified atom stereocenters. The molecule has 24 heavy (non-hydrogen) atoms. The van der Waals surface area contributed by atoms with E-state index < -0.39 is 0 Å². The average Bonchev–Trinajstić information content (AvgIpc) is 2.65. The van der Waals surface area contributed by atoms with Gasteiger partial charge in [0, 0.05) is 15.7 Å². The van der Waals surface area contributed by atoms with E-state index in [0.29, 0.717) is 5.92 Å². The summed E-state index contributed by atoms with van der Waals surface area (Å²) >= 11 is 1.92. The van der Waals surface area contributed by atoms with Crippen LogP contribution < -0.4 is 0 Å². The monoisotopic (exact) mass is 322 g/mol. The summed E-state index contributed by atoms with van der Waals surface area (Å²) in [6.45, 7) is 0. The predicted octanol–water partition coefficient (Wildman–Crippen LogP) is 6.62. The molecule has 0 fully saturated rings. The van der Waals surface area contributed by atoms with E-state index in [0.717, 1.165) is 0 Å². The second-order valence-corrected chi connectivity index (χ2v) is 7.65. The van der Waals surface area contributed by atoms with Crippen molar-refractivity contribution in [3.63, 3.8) is 0 Å². The topological polar surface area (TPSA) is 0 Å². The fourth-order valence-corrected chi connectivity index (χ4v) is 5.45. The van der Waals surface area contributed by atoms with E-state index in [4.69, 9.17) is 0 Å². The van der Waals surface area contributed by atoms with Crippen LogP contribution in [0.2, 0.25) is 0 Å². The minimum atomic E-state index is 0.384. The minimum Gasteiger partial charge on any atom is -0.0894 e. The van der Waals surface area contributed by atoms with Crippen LogP contribution in [0.5, 0.6) is 0 Å². The molecule has 0 nitrogen and oxygen atoms in total. The van der Waals surface area contributed by atoms with Crippen molar-refractivity contribution in [1.29, 1.82) is 0 Å². The Morgan fingerprint density at radius 3 is 2.62 bits per heavy atom. The van der Waals surface area contributed by atoms with Crippen molar-refractivity contribution >= 4 is 39.4 Å². The summed E-state index contributed by atoms with van der Waals surface area (Å²) in [4.78, 5) is 2.80. The Bertz CT molecular complexity index is 1180. The van der Waals surface area contributed by atoms with Crippen LogP contribution in [0.1, 0.15) is 22.6 Å². The van der Waals surface area contributed by atoms with Crippen LogP contribution in [0.25, 0.3) is 27.6 Å². The summed E-state index contributed by atoms with van der Waals surface area (Å²) in [5, 5.41) is 5.51. The normalized spacial score (nSPS) is 17.2. The van der Waals surface area contributed by atoms with Crippen LogP contribution in [0.15, 0.2) is 82.6 Å².